The van der Waals surface area contributed by atoms with E-state index in [2.05, 4.69) is 0 Å². The highest BCUT2D eigenvalue weighted by molar-refractivity contribution is 5.89. The Hall–Kier alpha value is -2.57. The maximum Gasteiger partial charge on any atom is 0.333 e. The van der Waals surface area contributed by atoms with Gasteiger partial charge in [0.25, 0.3) is 0 Å². The fourth-order valence-corrected chi connectivity index (χ4v) is 11.7. The van der Waals surface area contributed by atoms with Gasteiger partial charge < -0.3 is 58.3 Å². The van der Waals surface area contributed by atoms with Crippen LogP contribution in [0.1, 0.15) is 107 Å². The van der Waals surface area contributed by atoms with E-state index in [-0.39, 0.29) is 31.1 Å². The minimum atomic E-state index is -1.90. The molecule has 0 aromatic rings. The van der Waals surface area contributed by atoms with E-state index in [9.17, 15) is 34.8 Å². The molecule has 0 unspecified atom stereocenters. The predicted octanol–water partition coefficient (Wildman–Crippen LogP) is 3.76. The van der Waals surface area contributed by atoms with Crippen LogP contribution in [-0.4, -0.2) is 137 Å². The summed E-state index contributed by atoms with van der Waals surface area (Å²) < 4.78 is 49.1. The highest BCUT2D eigenvalue weighted by Crippen LogP contribution is 2.70. The summed E-state index contributed by atoms with van der Waals surface area (Å²) in [5.41, 5.74) is -4.57. The molecule has 60 heavy (non-hydrogen) atoms. The van der Waals surface area contributed by atoms with Gasteiger partial charge in [0.05, 0.1) is 24.4 Å². The zero-order chi connectivity index (χ0) is 44.3. The molecule has 15 nitrogen and oxygen atoms in total. The van der Waals surface area contributed by atoms with Gasteiger partial charge in [0, 0.05) is 49.0 Å². The van der Waals surface area contributed by atoms with Gasteiger partial charge in [0.2, 0.25) is 0 Å². The van der Waals surface area contributed by atoms with E-state index in [1.165, 1.54) is 14.0 Å². The van der Waals surface area contributed by atoms with Crippen molar-refractivity contribution in [2.75, 3.05) is 14.2 Å². The van der Waals surface area contributed by atoms with Crippen LogP contribution in [-0.2, 0) is 52.3 Å². The zero-order valence-corrected chi connectivity index (χ0v) is 37.0. The van der Waals surface area contributed by atoms with Gasteiger partial charge in [-0.15, -0.1) is 0 Å². The third kappa shape index (κ3) is 7.56. The molecule has 0 aromatic carbocycles. The molecule has 4 aliphatic carbocycles. The predicted molar refractivity (Wildman–Crippen MR) is 215 cm³/mol. The molecule has 2 aliphatic heterocycles. The van der Waals surface area contributed by atoms with Gasteiger partial charge in [-0.1, -0.05) is 37.6 Å². The van der Waals surface area contributed by atoms with Crippen molar-refractivity contribution in [3.05, 3.63) is 34.9 Å². The largest absolute Gasteiger partial charge is 0.455 e. The molecule has 0 amide bonds. The molecule has 15 heteroatoms. The van der Waals surface area contributed by atoms with Crippen LogP contribution in [0.3, 0.4) is 0 Å². The molecular weight excluding hydrogens is 780 g/mol. The normalized spacial score (nSPS) is 47.0. The second kappa shape index (κ2) is 17.5. The fraction of sp³-hybridized carbons (Fsp3) is 0.800. The lowest BCUT2D eigenvalue weighted by atomic mass is 9.42. The molecule has 6 aliphatic rings. The molecular formula is C45H68O15. The van der Waals surface area contributed by atoms with Gasteiger partial charge in [-0.25, -0.2) is 9.59 Å². The zero-order valence-electron chi connectivity index (χ0n) is 37.0. The number of esters is 2. The van der Waals surface area contributed by atoms with Crippen molar-refractivity contribution in [2.24, 2.45) is 22.7 Å². The van der Waals surface area contributed by atoms with Gasteiger partial charge in [-0.2, -0.15) is 0 Å². The third-order valence-corrected chi connectivity index (χ3v) is 15.5. The molecule has 338 valence electrons. The molecule has 6 rings (SSSR count). The SMILES string of the molecule is C/C=C(\C)C(=O)O[C@@H]1[C@@H](OC(=O)/C(C)=C/C)[C@]2(C)[C@@H](C(C)=O)CC[C@]2(O)[C@]2(O)CC=C3C[C@@H](O[C@H]4C[C@@H](OC)[C@H](O[C@@H]5O[C@H](C)[C@@H](O)[C@@H](OC)[C@H]5O)[C@@H](C)O4)CC[C@]3(C)[C@@H]12. The van der Waals surface area contributed by atoms with Gasteiger partial charge in [0.1, 0.15) is 53.6 Å². The smallest absolute Gasteiger partial charge is 0.333 e. The van der Waals surface area contributed by atoms with Crippen molar-refractivity contribution < 1.29 is 72.7 Å². The van der Waals surface area contributed by atoms with Crippen molar-refractivity contribution in [3.8, 4) is 0 Å². The second-order valence-electron chi connectivity index (χ2n) is 18.5. The summed E-state index contributed by atoms with van der Waals surface area (Å²) in [6.45, 7) is 15.3. The summed E-state index contributed by atoms with van der Waals surface area (Å²) in [6.07, 6.45) is -2.90. The average Bonchev–Trinajstić information content (AvgIpc) is 3.50. The van der Waals surface area contributed by atoms with E-state index >= 15 is 0 Å². The number of allylic oxidation sites excluding steroid dienone is 2. The summed E-state index contributed by atoms with van der Waals surface area (Å²) in [4.78, 5) is 40.9. The summed E-state index contributed by atoms with van der Waals surface area (Å²) >= 11 is 0. The Morgan fingerprint density at radius 3 is 2.07 bits per heavy atom. The van der Waals surface area contributed by atoms with Crippen LogP contribution in [0.5, 0.6) is 0 Å². The van der Waals surface area contributed by atoms with Gasteiger partial charge in [-0.05, 0) is 92.4 Å². The van der Waals surface area contributed by atoms with Gasteiger partial charge in [0.15, 0.2) is 12.6 Å². The maximum atomic E-state index is 13.8. The third-order valence-electron chi connectivity index (χ3n) is 15.5. The number of carbonyl (C=O) groups excluding carboxylic acids is 3. The molecule has 5 fully saturated rings. The molecule has 2 saturated heterocycles. The first-order valence-electron chi connectivity index (χ1n) is 21.5. The number of aliphatic hydroxyl groups is 4. The van der Waals surface area contributed by atoms with Crippen molar-refractivity contribution in [2.45, 2.75) is 192 Å². The number of rotatable bonds is 11. The number of ketones is 1. The lowest BCUT2D eigenvalue weighted by Gasteiger charge is -2.68. The Balaban J connectivity index is 1.28. The number of methoxy groups -OCH3 is 2. The number of aliphatic hydroxyl groups excluding tert-OH is 2. The van der Waals surface area contributed by atoms with Crippen LogP contribution in [0.25, 0.3) is 0 Å². The number of carbonyl (C=O) groups is 3. The standard InChI is InChI=1S/C45H68O15/c1-12-22(3)39(49)58-36-37-42(8)17-15-28(57-31-21-30(53-10)34(26(7)55-31)59-41-33(48)35(54-11)32(47)25(6)56-41)20-27(42)14-18-44(37,51)45(52)19-16-29(24(5)46)43(45,9)38(36)60-40(50)23(4)13-2/h12-14,25-26,28-38,41,47-48,51-52H,15-21H2,1-11H3/b22-12+,23-13+/t25-,26-,28+,29-,30-,31+,32-,33-,34-,35-,36+,37-,38-,41+,42+,43+,44+,45-/m1/s1. The quantitative estimate of drug-likeness (QED) is 0.133. The molecule has 4 N–H and O–H groups in total. The minimum absolute atomic E-state index is 0.00756. The van der Waals surface area contributed by atoms with E-state index < -0.39 is 113 Å². The first kappa shape index (κ1) is 46.9. The van der Waals surface area contributed by atoms with Crippen molar-refractivity contribution in [1.82, 2.24) is 0 Å². The van der Waals surface area contributed by atoms with Crippen LogP contribution < -0.4 is 0 Å². The van der Waals surface area contributed by atoms with Crippen LogP contribution in [0.2, 0.25) is 0 Å². The Morgan fingerprint density at radius 1 is 0.817 bits per heavy atom. The first-order valence-corrected chi connectivity index (χ1v) is 21.5. The Labute approximate surface area is 353 Å². The summed E-state index contributed by atoms with van der Waals surface area (Å²) in [5.74, 6) is -3.26. The highest BCUT2D eigenvalue weighted by atomic mass is 16.7. The summed E-state index contributed by atoms with van der Waals surface area (Å²) in [7, 11) is 2.97. The Bertz CT molecular complexity index is 1730. The molecule has 0 aromatic heterocycles. The number of fused-ring (bicyclic) bond motifs is 5. The summed E-state index contributed by atoms with van der Waals surface area (Å²) in [5, 5.41) is 47.7. The Kier molecular flexibility index (Phi) is 13.7. The minimum Gasteiger partial charge on any atom is -0.455 e. The van der Waals surface area contributed by atoms with Crippen molar-refractivity contribution in [1.29, 1.82) is 0 Å². The molecule has 0 bridgehead atoms. The summed E-state index contributed by atoms with van der Waals surface area (Å²) in [6, 6.07) is 0. The Morgan fingerprint density at radius 2 is 1.47 bits per heavy atom. The topological polar surface area (TPSA) is 206 Å². The number of ether oxygens (including phenoxy) is 8. The van der Waals surface area contributed by atoms with Gasteiger partial charge in [-0.3, -0.25) is 4.79 Å². The molecule has 0 spiro atoms. The van der Waals surface area contributed by atoms with Gasteiger partial charge >= 0.3 is 11.9 Å². The first-order chi connectivity index (χ1) is 28.2. The number of Topliss-reactive ketones (excluding diaryl/α,β-unsaturated/α-hetero) is 1. The number of hydrogen-bond donors (Lipinski definition) is 4. The van der Waals surface area contributed by atoms with E-state index in [1.807, 2.05) is 19.9 Å². The molecule has 18 atom stereocenters. The lowest BCUT2D eigenvalue weighted by molar-refractivity contribution is -0.343. The highest BCUT2D eigenvalue weighted by Gasteiger charge is 2.80. The van der Waals surface area contributed by atoms with Crippen LogP contribution >= 0.6 is 0 Å². The lowest BCUT2D eigenvalue weighted by Crippen LogP contribution is -2.80. The number of hydrogen-bond acceptors (Lipinski definition) is 15. The molecule has 0 radical (unpaired) electrons. The van der Waals surface area contributed by atoms with E-state index in [0.717, 1.165) is 5.57 Å². The average molecular weight is 849 g/mol. The maximum absolute atomic E-state index is 13.8. The van der Waals surface area contributed by atoms with Crippen LogP contribution in [0.15, 0.2) is 34.9 Å². The molecule has 3 saturated carbocycles. The van der Waals surface area contributed by atoms with E-state index in [4.69, 9.17) is 37.9 Å². The van der Waals surface area contributed by atoms with Crippen molar-refractivity contribution in [3.63, 3.8) is 0 Å². The van der Waals surface area contributed by atoms with E-state index in [1.54, 1.807) is 60.8 Å². The van der Waals surface area contributed by atoms with Crippen LogP contribution in [0, 0.1) is 22.7 Å². The van der Waals surface area contributed by atoms with E-state index in [0.29, 0.717) is 36.8 Å². The monoisotopic (exact) mass is 848 g/mol. The van der Waals surface area contributed by atoms with Crippen LogP contribution in [0.4, 0.5) is 0 Å². The second-order valence-corrected chi connectivity index (χ2v) is 18.5. The fourth-order valence-electron chi connectivity index (χ4n) is 11.7. The molecule has 2 heterocycles. The van der Waals surface area contributed by atoms with Crippen molar-refractivity contribution >= 4 is 17.7 Å².